The molecule has 0 fully saturated rings. The Hall–Kier alpha value is -2.34. The Labute approximate surface area is 162 Å². The van der Waals surface area contributed by atoms with Crippen LogP contribution in [0, 0.1) is 27.7 Å². The number of anilines is 2. The number of nitrogens with zero attached hydrogens (tertiary/aromatic N) is 1. The Balaban J connectivity index is 2.42. The summed E-state index contributed by atoms with van der Waals surface area (Å²) in [6.07, 6.45) is 1.49. The molecule has 146 valence electrons. The van der Waals surface area contributed by atoms with E-state index in [1.54, 1.807) is 12.1 Å². The first kappa shape index (κ1) is 21.0. The Morgan fingerprint density at radius 1 is 1.00 bits per heavy atom. The van der Waals surface area contributed by atoms with E-state index in [2.05, 4.69) is 5.32 Å². The van der Waals surface area contributed by atoms with Gasteiger partial charge in [0.2, 0.25) is 15.9 Å². The summed E-state index contributed by atoms with van der Waals surface area (Å²) < 4.78 is 26.2. The number of carbonyl (C=O) groups is 1. The maximum absolute atomic E-state index is 13.0. The van der Waals surface area contributed by atoms with E-state index in [4.69, 9.17) is 0 Å². The molecule has 0 spiro atoms. The summed E-state index contributed by atoms with van der Waals surface area (Å²) >= 11 is 0. The van der Waals surface area contributed by atoms with Gasteiger partial charge >= 0.3 is 0 Å². The lowest BCUT2D eigenvalue weighted by atomic mass is 10.0. The van der Waals surface area contributed by atoms with Crippen molar-refractivity contribution in [2.45, 2.75) is 47.1 Å². The van der Waals surface area contributed by atoms with Gasteiger partial charge in [-0.1, -0.05) is 42.3 Å². The molecule has 5 nitrogen and oxygen atoms in total. The van der Waals surface area contributed by atoms with E-state index in [-0.39, 0.29) is 5.91 Å². The van der Waals surface area contributed by atoms with Gasteiger partial charge in [0.25, 0.3) is 0 Å². The van der Waals surface area contributed by atoms with E-state index in [1.165, 1.54) is 4.31 Å². The van der Waals surface area contributed by atoms with Crippen molar-refractivity contribution < 1.29 is 13.2 Å². The number of amides is 1. The molecule has 2 aromatic carbocycles. The summed E-state index contributed by atoms with van der Waals surface area (Å²) in [5.74, 6) is -0.335. The molecule has 0 heterocycles. The molecule has 0 saturated heterocycles. The van der Waals surface area contributed by atoms with Gasteiger partial charge in [0.1, 0.15) is 6.04 Å². The Morgan fingerprint density at radius 3 is 1.96 bits per heavy atom. The highest BCUT2D eigenvalue weighted by Crippen LogP contribution is 2.26. The SMILES string of the molecule is CCC(C(=O)Nc1c(C)cc(C)cc1C)N(c1ccc(C)cc1)S(C)(=O)=O. The van der Waals surface area contributed by atoms with Crippen LogP contribution in [0.5, 0.6) is 0 Å². The second kappa shape index (κ2) is 8.13. The highest BCUT2D eigenvalue weighted by atomic mass is 32.2. The Morgan fingerprint density at radius 2 is 1.52 bits per heavy atom. The molecule has 0 aliphatic carbocycles. The number of hydrogen-bond donors (Lipinski definition) is 1. The van der Waals surface area contributed by atoms with Gasteiger partial charge in [0, 0.05) is 5.69 Å². The number of sulfonamides is 1. The summed E-state index contributed by atoms with van der Waals surface area (Å²) in [7, 11) is -3.63. The van der Waals surface area contributed by atoms with Crippen LogP contribution >= 0.6 is 0 Å². The molecule has 1 unspecified atom stereocenters. The van der Waals surface area contributed by atoms with Crippen molar-refractivity contribution in [1.29, 1.82) is 0 Å². The van der Waals surface area contributed by atoms with Crippen molar-refractivity contribution in [1.82, 2.24) is 0 Å². The van der Waals surface area contributed by atoms with Gasteiger partial charge in [-0.15, -0.1) is 0 Å². The maximum Gasteiger partial charge on any atom is 0.248 e. The minimum Gasteiger partial charge on any atom is -0.324 e. The van der Waals surface area contributed by atoms with Gasteiger partial charge in [0.15, 0.2) is 0 Å². The standard InChI is InChI=1S/C21H28N2O3S/c1-7-19(21(24)22-20-16(4)12-15(3)13-17(20)5)23(27(6,25)26)18-10-8-14(2)9-11-18/h8-13,19H,7H2,1-6H3,(H,22,24). The fraction of sp³-hybridized carbons (Fsp3) is 0.381. The molecule has 0 saturated carbocycles. The third kappa shape index (κ3) is 4.89. The zero-order valence-electron chi connectivity index (χ0n) is 16.8. The van der Waals surface area contributed by atoms with Crippen LogP contribution in [0.25, 0.3) is 0 Å². The number of aryl methyl sites for hydroxylation is 4. The number of nitrogens with one attached hydrogen (secondary N) is 1. The molecule has 1 N–H and O–H groups in total. The van der Waals surface area contributed by atoms with E-state index in [0.29, 0.717) is 12.1 Å². The van der Waals surface area contributed by atoms with Crippen LogP contribution in [-0.2, 0) is 14.8 Å². The highest BCUT2D eigenvalue weighted by Gasteiger charge is 2.31. The van der Waals surface area contributed by atoms with Crippen LogP contribution in [-0.4, -0.2) is 26.6 Å². The van der Waals surface area contributed by atoms with Gasteiger partial charge in [-0.25, -0.2) is 8.42 Å². The van der Waals surface area contributed by atoms with E-state index in [0.717, 1.165) is 34.2 Å². The average molecular weight is 389 g/mol. The molecule has 27 heavy (non-hydrogen) atoms. The number of hydrogen-bond acceptors (Lipinski definition) is 3. The van der Waals surface area contributed by atoms with Crippen LogP contribution in [0.2, 0.25) is 0 Å². The van der Waals surface area contributed by atoms with Crippen molar-refractivity contribution in [3.8, 4) is 0 Å². The molecule has 0 aliphatic heterocycles. The summed E-state index contributed by atoms with van der Waals surface area (Å²) in [6, 6.07) is 10.3. The van der Waals surface area contributed by atoms with Crippen LogP contribution in [0.1, 0.15) is 35.6 Å². The smallest absolute Gasteiger partial charge is 0.248 e. The molecule has 1 amide bonds. The van der Waals surface area contributed by atoms with Gasteiger partial charge in [0.05, 0.1) is 11.9 Å². The van der Waals surface area contributed by atoms with Crippen LogP contribution in [0.4, 0.5) is 11.4 Å². The first-order chi connectivity index (χ1) is 12.5. The van der Waals surface area contributed by atoms with Crippen LogP contribution < -0.4 is 9.62 Å². The zero-order valence-corrected chi connectivity index (χ0v) is 17.6. The van der Waals surface area contributed by atoms with Crippen LogP contribution in [0.3, 0.4) is 0 Å². The highest BCUT2D eigenvalue weighted by molar-refractivity contribution is 7.92. The molecule has 6 heteroatoms. The predicted octanol–water partition coefficient (Wildman–Crippen LogP) is 4.10. The Kier molecular flexibility index (Phi) is 6.31. The summed E-state index contributed by atoms with van der Waals surface area (Å²) in [5, 5.41) is 2.95. The van der Waals surface area contributed by atoms with E-state index >= 15 is 0 Å². The lowest BCUT2D eigenvalue weighted by Crippen LogP contribution is -2.47. The zero-order chi connectivity index (χ0) is 20.4. The molecule has 2 aromatic rings. The predicted molar refractivity (Wildman–Crippen MR) is 112 cm³/mol. The fourth-order valence-corrected chi connectivity index (χ4v) is 4.55. The van der Waals surface area contributed by atoms with Gasteiger partial charge in [-0.2, -0.15) is 0 Å². The quantitative estimate of drug-likeness (QED) is 0.810. The first-order valence-corrected chi connectivity index (χ1v) is 10.8. The molecule has 2 rings (SSSR count). The van der Waals surface area contributed by atoms with E-state index in [9.17, 15) is 13.2 Å². The van der Waals surface area contributed by atoms with Crippen molar-refractivity contribution in [2.75, 3.05) is 15.9 Å². The topological polar surface area (TPSA) is 66.5 Å². The van der Waals surface area contributed by atoms with Gasteiger partial charge in [-0.3, -0.25) is 9.10 Å². The molecule has 1 atom stereocenters. The third-order valence-corrected chi connectivity index (χ3v) is 5.72. The minimum atomic E-state index is -3.63. The first-order valence-electron chi connectivity index (χ1n) is 8.99. The average Bonchev–Trinajstić information content (AvgIpc) is 2.55. The van der Waals surface area contributed by atoms with Gasteiger partial charge in [-0.05, 0) is 57.4 Å². The fourth-order valence-electron chi connectivity index (χ4n) is 3.34. The number of rotatable bonds is 6. The maximum atomic E-state index is 13.0. The summed E-state index contributed by atoms with van der Waals surface area (Å²) in [4.78, 5) is 13.0. The van der Waals surface area contributed by atoms with Crippen molar-refractivity contribution >= 4 is 27.3 Å². The van der Waals surface area contributed by atoms with E-state index < -0.39 is 16.1 Å². The third-order valence-electron chi connectivity index (χ3n) is 4.54. The molecular weight excluding hydrogens is 360 g/mol. The Bertz CT molecular complexity index is 911. The normalized spacial score (nSPS) is 12.5. The molecular formula is C21H28N2O3S. The molecule has 0 aromatic heterocycles. The van der Waals surface area contributed by atoms with Crippen molar-refractivity contribution in [3.05, 3.63) is 58.7 Å². The van der Waals surface area contributed by atoms with Crippen molar-refractivity contribution in [2.24, 2.45) is 0 Å². The number of carbonyl (C=O) groups excluding carboxylic acids is 1. The van der Waals surface area contributed by atoms with Crippen LogP contribution in [0.15, 0.2) is 36.4 Å². The number of benzene rings is 2. The monoisotopic (exact) mass is 388 g/mol. The molecule has 0 bridgehead atoms. The lowest BCUT2D eigenvalue weighted by Gasteiger charge is -2.30. The second-order valence-corrected chi connectivity index (χ2v) is 8.94. The van der Waals surface area contributed by atoms with E-state index in [1.807, 2.05) is 58.9 Å². The summed E-state index contributed by atoms with van der Waals surface area (Å²) in [6.45, 7) is 9.62. The molecule has 0 aliphatic rings. The largest absolute Gasteiger partial charge is 0.324 e. The lowest BCUT2D eigenvalue weighted by molar-refractivity contribution is -0.117. The van der Waals surface area contributed by atoms with Crippen molar-refractivity contribution in [3.63, 3.8) is 0 Å². The minimum absolute atomic E-state index is 0.335. The molecule has 0 radical (unpaired) electrons. The summed E-state index contributed by atoms with van der Waals surface area (Å²) in [5.41, 5.74) is 5.28. The van der Waals surface area contributed by atoms with Gasteiger partial charge < -0.3 is 5.32 Å². The second-order valence-electron chi connectivity index (χ2n) is 7.08.